The minimum Gasteiger partial charge on any atom is -0.481 e. The van der Waals surface area contributed by atoms with Crippen molar-refractivity contribution in [2.75, 3.05) is 31.1 Å². The summed E-state index contributed by atoms with van der Waals surface area (Å²) in [5.74, 6) is -3.17. The highest BCUT2D eigenvalue weighted by atomic mass is 19.1. The van der Waals surface area contributed by atoms with Crippen LogP contribution in [0.4, 0.5) is 18.9 Å². The van der Waals surface area contributed by atoms with Gasteiger partial charge in [0.05, 0.1) is 17.7 Å². The lowest BCUT2D eigenvalue weighted by atomic mass is 9.92. The molecule has 3 aromatic carbocycles. The molecular formula is C24H21F3N2O3. The summed E-state index contributed by atoms with van der Waals surface area (Å²) in [4.78, 5) is 28.1. The lowest BCUT2D eigenvalue weighted by molar-refractivity contribution is -0.136. The number of carboxylic acid groups (broad SMARTS) is 1. The van der Waals surface area contributed by atoms with E-state index in [0.717, 1.165) is 6.07 Å². The summed E-state index contributed by atoms with van der Waals surface area (Å²) < 4.78 is 41.3. The molecule has 5 nitrogen and oxygen atoms in total. The second-order valence-electron chi connectivity index (χ2n) is 7.85. The molecule has 1 aliphatic rings. The predicted molar refractivity (Wildman–Crippen MR) is 114 cm³/mol. The third-order valence-electron chi connectivity index (χ3n) is 5.84. The number of amides is 1. The van der Waals surface area contributed by atoms with Gasteiger partial charge in [0.1, 0.15) is 17.5 Å². The van der Waals surface area contributed by atoms with Crippen LogP contribution >= 0.6 is 0 Å². The van der Waals surface area contributed by atoms with Crippen LogP contribution in [0.1, 0.15) is 21.5 Å². The van der Waals surface area contributed by atoms with Gasteiger partial charge in [-0.25, -0.2) is 13.2 Å². The van der Waals surface area contributed by atoms with E-state index in [0.29, 0.717) is 35.0 Å². The van der Waals surface area contributed by atoms with Crippen LogP contribution in [0.15, 0.2) is 42.5 Å². The highest BCUT2D eigenvalue weighted by Gasteiger charge is 2.27. The fourth-order valence-corrected chi connectivity index (χ4v) is 4.20. The van der Waals surface area contributed by atoms with Gasteiger partial charge in [-0.1, -0.05) is 12.1 Å². The van der Waals surface area contributed by atoms with Crippen molar-refractivity contribution < 1.29 is 27.9 Å². The molecule has 0 atom stereocenters. The fourth-order valence-electron chi connectivity index (χ4n) is 4.20. The Balaban J connectivity index is 1.64. The van der Waals surface area contributed by atoms with E-state index in [1.807, 2.05) is 0 Å². The van der Waals surface area contributed by atoms with Crippen LogP contribution in [-0.4, -0.2) is 48.1 Å². The predicted octanol–water partition coefficient (Wildman–Crippen LogP) is 4.16. The minimum absolute atomic E-state index is 0.253. The first-order chi connectivity index (χ1) is 15.2. The molecule has 1 N–H and O–H groups in total. The number of nitrogens with zero attached hydrogens (tertiary/aromatic N) is 2. The van der Waals surface area contributed by atoms with Crippen molar-refractivity contribution >= 4 is 28.3 Å². The van der Waals surface area contributed by atoms with Gasteiger partial charge in [0, 0.05) is 32.2 Å². The van der Waals surface area contributed by atoms with E-state index in [2.05, 4.69) is 0 Å². The van der Waals surface area contributed by atoms with Crippen molar-refractivity contribution in [3.8, 4) is 0 Å². The molecule has 1 aliphatic heterocycles. The van der Waals surface area contributed by atoms with Crippen LogP contribution in [0.5, 0.6) is 0 Å². The van der Waals surface area contributed by atoms with Crippen molar-refractivity contribution in [2.45, 2.75) is 13.3 Å². The maximum Gasteiger partial charge on any atom is 0.307 e. The third kappa shape index (κ3) is 4.12. The average molecular weight is 442 g/mol. The maximum absolute atomic E-state index is 14.1. The number of carbonyl (C=O) groups is 2. The number of fused-ring (bicyclic) bond motifs is 1. The van der Waals surface area contributed by atoms with Gasteiger partial charge < -0.3 is 14.9 Å². The van der Waals surface area contributed by atoms with Gasteiger partial charge in [0.2, 0.25) is 0 Å². The Morgan fingerprint density at radius 3 is 2.25 bits per heavy atom. The maximum atomic E-state index is 14.1. The first-order valence-corrected chi connectivity index (χ1v) is 10.2. The highest BCUT2D eigenvalue weighted by Crippen LogP contribution is 2.29. The molecule has 0 bridgehead atoms. The zero-order valence-electron chi connectivity index (χ0n) is 17.4. The Morgan fingerprint density at radius 1 is 0.938 bits per heavy atom. The molecule has 8 heteroatoms. The summed E-state index contributed by atoms with van der Waals surface area (Å²) in [6, 6.07) is 9.14. The van der Waals surface area contributed by atoms with Crippen molar-refractivity contribution in [2.24, 2.45) is 0 Å². The van der Waals surface area contributed by atoms with Gasteiger partial charge in [0.15, 0.2) is 0 Å². The molecule has 3 aromatic rings. The third-order valence-corrected chi connectivity index (χ3v) is 5.84. The molecule has 1 fully saturated rings. The van der Waals surface area contributed by atoms with Crippen molar-refractivity contribution in [3.63, 3.8) is 0 Å². The second kappa shape index (κ2) is 8.53. The van der Waals surface area contributed by atoms with E-state index in [4.69, 9.17) is 0 Å². The SMILES string of the molecule is Cc1c(CC(=O)O)cc2ccc(F)cc2c1C(=O)N1CCN(c2ccc(F)cc2F)CC1. The number of carboxylic acids is 1. The number of anilines is 1. The molecule has 166 valence electrons. The van der Waals surface area contributed by atoms with Crippen LogP contribution in [0.3, 0.4) is 0 Å². The minimum atomic E-state index is -1.03. The largest absolute Gasteiger partial charge is 0.481 e. The quantitative estimate of drug-likeness (QED) is 0.660. The second-order valence-corrected chi connectivity index (χ2v) is 7.85. The van der Waals surface area contributed by atoms with Crippen LogP contribution in [-0.2, 0) is 11.2 Å². The molecule has 0 aromatic heterocycles. The Kier molecular flexibility index (Phi) is 5.78. The number of aliphatic carboxylic acids is 1. The van der Waals surface area contributed by atoms with Crippen LogP contribution in [0.25, 0.3) is 10.8 Å². The van der Waals surface area contributed by atoms with Gasteiger partial charge in [0.25, 0.3) is 5.91 Å². The number of carbonyl (C=O) groups excluding carboxylic acids is 1. The summed E-state index contributed by atoms with van der Waals surface area (Å²) in [6.07, 6.45) is -0.253. The van der Waals surface area contributed by atoms with Crippen molar-refractivity contribution in [1.29, 1.82) is 0 Å². The zero-order valence-corrected chi connectivity index (χ0v) is 17.4. The Morgan fingerprint density at radius 2 is 1.59 bits per heavy atom. The van der Waals surface area contributed by atoms with E-state index >= 15 is 0 Å². The van der Waals surface area contributed by atoms with Gasteiger partial charge in [-0.2, -0.15) is 0 Å². The molecule has 0 aliphatic carbocycles. The van der Waals surface area contributed by atoms with E-state index < -0.39 is 23.4 Å². The summed E-state index contributed by atoms with van der Waals surface area (Å²) in [6.45, 7) is 2.92. The monoisotopic (exact) mass is 442 g/mol. The average Bonchev–Trinajstić information content (AvgIpc) is 2.74. The number of hydrogen-bond acceptors (Lipinski definition) is 3. The van der Waals surface area contributed by atoms with E-state index in [1.165, 1.54) is 30.3 Å². The van der Waals surface area contributed by atoms with Gasteiger partial charge in [-0.05, 0) is 53.1 Å². The van der Waals surface area contributed by atoms with Gasteiger partial charge in [-0.15, -0.1) is 0 Å². The lowest BCUT2D eigenvalue weighted by Gasteiger charge is -2.36. The van der Waals surface area contributed by atoms with E-state index in [9.17, 15) is 27.9 Å². The molecule has 1 saturated heterocycles. The van der Waals surface area contributed by atoms with Gasteiger partial charge in [-0.3, -0.25) is 9.59 Å². The fraction of sp³-hybridized carbons (Fsp3) is 0.250. The summed E-state index contributed by atoms with van der Waals surface area (Å²) in [5.41, 5.74) is 1.54. The summed E-state index contributed by atoms with van der Waals surface area (Å²) in [7, 11) is 0. The molecule has 4 rings (SSSR count). The van der Waals surface area contributed by atoms with Crippen LogP contribution < -0.4 is 4.90 Å². The normalized spacial score (nSPS) is 14.1. The van der Waals surface area contributed by atoms with Crippen molar-refractivity contribution in [1.82, 2.24) is 4.90 Å². The number of hydrogen-bond donors (Lipinski definition) is 1. The molecule has 0 saturated carbocycles. The molecule has 32 heavy (non-hydrogen) atoms. The topological polar surface area (TPSA) is 60.9 Å². The number of halogens is 3. The zero-order chi connectivity index (χ0) is 23.0. The molecular weight excluding hydrogens is 421 g/mol. The molecule has 0 spiro atoms. The number of benzene rings is 3. The number of rotatable bonds is 4. The summed E-state index contributed by atoms with van der Waals surface area (Å²) >= 11 is 0. The first-order valence-electron chi connectivity index (χ1n) is 10.2. The standard InChI is InChI=1S/C24H21F3N2O3/c1-14-16(11-22(30)31)10-15-2-3-17(25)12-19(15)23(14)24(32)29-8-6-28(7-9-29)21-5-4-18(26)13-20(21)27/h2-5,10,12-13H,6-9,11H2,1H3,(H,30,31). The molecule has 1 amide bonds. The van der Waals surface area contributed by atoms with E-state index in [1.54, 1.807) is 22.8 Å². The van der Waals surface area contributed by atoms with Gasteiger partial charge >= 0.3 is 5.97 Å². The molecule has 1 heterocycles. The molecule has 0 radical (unpaired) electrons. The van der Waals surface area contributed by atoms with E-state index in [-0.39, 0.29) is 36.7 Å². The highest BCUT2D eigenvalue weighted by molar-refractivity contribution is 6.09. The smallest absolute Gasteiger partial charge is 0.307 e. The Hall–Kier alpha value is -3.55. The van der Waals surface area contributed by atoms with Crippen LogP contribution in [0.2, 0.25) is 0 Å². The Bertz CT molecular complexity index is 1220. The van der Waals surface area contributed by atoms with Crippen LogP contribution in [0, 0.1) is 24.4 Å². The lowest BCUT2D eigenvalue weighted by Crippen LogP contribution is -2.49. The Labute approximate surface area is 182 Å². The van der Waals surface area contributed by atoms with Crippen molar-refractivity contribution in [3.05, 3.63) is 76.6 Å². The summed E-state index contributed by atoms with van der Waals surface area (Å²) in [5, 5.41) is 10.3. The first kappa shape index (κ1) is 21.7. The molecule has 0 unspecified atom stereocenters. The number of piperazine rings is 1.